The first-order chi connectivity index (χ1) is 10.2. The van der Waals surface area contributed by atoms with Crippen molar-refractivity contribution in [2.45, 2.75) is 31.8 Å². The molecule has 1 aliphatic heterocycles. The van der Waals surface area contributed by atoms with E-state index in [-0.39, 0.29) is 6.04 Å². The summed E-state index contributed by atoms with van der Waals surface area (Å²) < 4.78 is 12.0. The van der Waals surface area contributed by atoms with Crippen LogP contribution in [0.1, 0.15) is 43.4 Å². The minimum atomic E-state index is 0.177. The van der Waals surface area contributed by atoms with E-state index in [9.17, 15) is 0 Å². The summed E-state index contributed by atoms with van der Waals surface area (Å²) in [4.78, 5) is 2.50. The molecule has 4 nitrogen and oxygen atoms in total. The van der Waals surface area contributed by atoms with Crippen LogP contribution in [0.2, 0.25) is 0 Å². The average molecular weight is 353 g/mol. The maximum atomic E-state index is 5.64. The lowest BCUT2D eigenvalue weighted by Gasteiger charge is -2.27. The van der Waals surface area contributed by atoms with E-state index in [0.717, 1.165) is 35.8 Å². The van der Waals surface area contributed by atoms with Crippen molar-refractivity contribution in [2.75, 3.05) is 19.6 Å². The molecule has 2 unspecified atom stereocenters. The van der Waals surface area contributed by atoms with Gasteiger partial charge in [0.25, 0.3) is 0 Å². The highest BCUT2D eigenvalue weighted by atomic mass is 79.9. The first kappa shape index (κ1) is 14.9. The molecule has 2 aromatic rings. The summed E-state index contributed by atoms with van der Waals surface area (Å²) >= 11 is 3.35. The smallest absolute Gasteiger partial charge is 0.169 e. The van der Waals surface area contributed by atoms with Crippen LogP contribution in [0.4, 0.5) is 0 Å². The Bertz CT molecular complexity index is 546. The van der Waals surface area contributed by atoms with Crippen LogP contribution in [0.25, 0.3) is 0 Å². The maximum Gasteiger partial charge on any atom is 0.169 e. The molecule has 0 spiro atoms. The third kappa shape index (κ3) is 3.59. The van der Waals surface area contributed by atoms with Gasteiger partial charge in [0.1, 0.15) is 11.5 Å². The maximum absolute atomic E-state index is 5.64. The summed E-state index contributed by atoms with van der Waals surface area (Å²) in [6, 6.07) is 8.43. The third-order valence-corrected chi connectivity index (χ3v) is 4.52. The van der Waals surface area contributed by atoms with Gasteiger partial charge in [-0.15, -0.1) is 0 Å². The normalized spacial score (nSPS) is 19.0. The van der Waals surface area contributed by atoms with Gasteiger partial charge < -0.3 is 14.2 Å². The van der Waals surface area contributed by atoms with Gasteiger partial charge in [0, 0.05) is 6.54 Å². The number of hydrogen-bond donors (Lipinski definition) is 1. The fourth-order valence-electron chi connectivity index (χ4n) is 2.89. The molecule has 114 valence electrons. The summed E-state index contributed by atoms with van der Waals surface area (Å²) in [5.74, 6) is 1.98. The molecular formula is C16H21BrN2O2. The van der Waals surface area contributed by atoms with Crippen molar-refractivity contribution < 1.29 is 8.83 Å². The zero-order valence-electron chi connectivity index (χ0n) is 12.2. The van der Waals surface area contributed by atoms with Crippen molar-refractivity contribution in [3.8, 4) is 0 Å². The quantitative estimate of drug-likeness (QED) is 0.848. The number of likely N-dealkylation sites (tertiary alicyclic amines) is 1. The highest BCUT2D eigenvalue weighted by molar-refractivity contribution is 9.10. The minimum absolute atomic E-state index is 0.177. The van der Waals surface area contributed by atoms with E-state index in [1.807, 2.05) is 18.2 Å². The van der Waals surface area contributed by atoms with Crippen LogP contribution in [0.15, 0.2) is 44.0 Å². The Morgan fingerprint density at radius 2 is 2.05 bits per heavy atom. The van der Waals surface area contributed by atoms with Crippen LogP contribution in [0.5, 0.6) is 0 Å². The number of hydrogen-bond acceptors (Lipinski definition) is 4. The van der Waals surface area contributed by atoms with Crippen molar-refractivity contribution in [1.29, 1.82) is 0 Å². The Morgan fingerprint density at radius 1 is 1.24 bits per heavy atom. The van der Waals surface area contributed by atoms with Crippen molar-refractivity contribution in [1.82, 2.24) is 10.2 Å². The predicted octanol–water partition coefficient (Wildman–Crippen LogP) is 4.12. The van der Waals surface area contributed by atoms with Crippen LogP contribution in [0, 0.1) is 0 Å². The van der Waals surface area contributed by atoms with Crippen LogP contribution in [0.3, 0.4) is 0 Å². The Hall–Kier alpha value is -1.04. The van der Waals surface area contributed by atoms with E-state index in [4.69, 9.17) is 8.83 Å². The fraction of sp³-hybridized carbons (Fsp3) is 0.500. The van der Waals surface area contributed by atoms with Gasteiger partial charge in [0.05, 0.1) is 18.3 Å². The zero-order chi connectivity index (χ0) is 14.7. The third-order valence-electron chi connectivity index (χ3n) is 4.09. The molecule has 1 fully saturated rings. The molecule has 21 heavy (non-hydrogen) atoms. The second kappa shape index (κ2) is 6.81. The van der Waals surface area contributed by atoms with Crippen molar-refractivity contribution in [3.63, 3.8) is 0 Å². The number of halogens is 1. The van der Waals surface area contributed by atoms with Crippen molar-refractivity contribution >= 4 is 15.9 Å². The molecule has 5 heteroatoms. The van der Waals surface area contributed by atoms with Crippen molar-refractivity contribution in [2.24, 2.45) is 0 Å². The molecule has 1 N–H and O–H groups in total. The first-order valence-corrected chi connectivity index (χ1v) is 8.29. The van der Waals surface area contributed by atoms with Crippen molar-refractivity contribution in [3.05, 3.63) is 46.7 Å². The molecule has 1 saturated heterocycles. The van der Waals surface area contributed by atoms with Crippen LogP contribution >= 0.6 is 15.9 Å². The van der Waals surface area contributed by atoms with Gasteiger partial charge in [0.2, 0.25) is 0 Å². The van der Waals surface area contributed by atoms with E-state index >= 15 is 0 Å². The Labute approximate surface area is 133 Å². The number of furan rings is 2. The lowest BCUT2D eigenvalue weighted by molar-refractivity contribution is 0.203. The molecule has 2 aromatic heterocycles. The van der Waals surface area contributed by atoms with Gasteiger partial charge >= 0.3 is 0 Å². The average Bonchev–Trinajstić information content (AvgIpc) is 3.21. The minimum Gasteiger partial charge on any atom is -0.468 e. The van der Waals surface area contributed by atoms with E-state index in [2.05, 4.69) is 39.1 Å². The molecule has 0 aromatic carbocycles. The summed E-state index contributed by atoms with van der Waals surface area (Å²) in [5, 5.41) is 3.56. The largest absolute Gasteiger partial charge is 0.468 e. The van der Waals surface area contributed by atoms with E-state index < -0.39 is 0 Å². The number of nitrogens with zero attached hydrogens (tertiary/aromatic N) is 1. The van der Waals surface area contributed by atoms with E-state index in [0.29, 0.717) is 6.04 Å². The monoisotopic (exact) mass is 352 g/mol. The first-order valence-electron chi connectivity index (χ1n) is 7.50. The number of rotatable bonds is 6. The van der Waals surface area contributed by atoms with Crippen LogP contribution in [-0.4, -0.2) is 24.5 Å². The second-order valence-electron chi connectivity index (χ2n) is 5.55. The molecule has 3 rings (SSSR count). The Balaban J connectivity index is 1.64. The van der Waals surface area contributed by atoms with Gasteiger partial charge in [-0.05, 0) is 73.1 Å². The SMILES string of the molecule is CC(NCC(c1ccco1)N1CCCC1)c1ccc(Br)o1. The lowest BCUT2D eigenvalue weighted by Crippen LogP contribution is -2.34. The number of nitrogens with one attached hydrogen (secondary N) is 1. The summed E-state index contributed by atoms with van der Waals surface area (Å²) in [6.45, 7) is 5.27. The van der Waals surface area contributed by atoms with E-state index in [1.165, 1.54) is 12.8 Å². The fourth-order valence-corrected chi connectivity index (χ4v) is 3.21. The molecule has 0 amide bonds. The molecular weight excluding hydrogens is 332 g/mol. The van der Waals surface area contributed by atoms with Gasteiger partial charge in [0.15, 0.2) is 4.67 Å². The zero-order valence-corrected chi connectivity index (χ0v) is 13.8. The van der Waals surface area contributed by atoms with Gasteiger partial charge in [-0.3, -0.25) is 4.90 Å². The standard InChI is InChI=1S/C16H21BrN2O2/c1-12(14-6-7-16(17)21-14)18-11-13(15-5-4-10-20-15)19-8-2-3-9-19/h4-7,10,12-13,18H,2-3,8-9,11H2,1H3. The molecule has 0 radical (unpaired) electrons. The van der Waals surface area contributed by atoms with Gasteiger partial charge in [-0.25, -0.2) is 0 Å². The summed E-state index contributed by atoms with van der Waals surface area (Å²) in [7, 11) is 0. The molecule has 2 atom stereocenters. The molecule has 0 saturated carbocycles. The second-order valence-corrected chi connectivity index (χ2v) is 6.33. The predicted molar refractivity (Wildman–Crippen MR) is 85.1 cm³/mol. The van der Waals surface area contributed by atoms with Gasteiger partial charge in [-0.1, -0.05) is 0 Å². The summed E-state index contributed by atoms with van der Waals surface area (Å²) in [5.41, 5.74) is 0. The Kier molecular flexibility index (Phi) is 4.83. The highest BCUT2D eigenvalue weighted by Gasteiger charge is 2.26. The Morgan fingerprint density at radius 3 is 2.67 bits per heavy atom. The van der Waals surface area contributed by atoms with E-state index in [1.54, 1.807) is 6.26 Å². The molecule has 3 heterocycles. The van der Waals surface area contributed by atoms with Crippen LogP contribution in [-0.2, 0) is 0 Å². The highest BCUT2D eigenvalue weighted by Crippen LogP contribution is 2.26. The molecule has 0 bridgehead atoms. The van der Waals surface area contributed by atoms with Crippen LogP contribution < -0.4 is 5.32 Å². The topological polar surface area (TPSA) is 41.6 Å². The van der Waals surface area contributed by atoms with Gasteiger partial charge in [-0.2, -0.15) is 0 Å². The molecule has 0 aliphatic carbocycles. The lowest BCUT2D eigenvalue weighted by atomic mass is 10.1. The summed E-state index contributed by atoms with van der Waals surface area (Å²) in [6.07, 6.45) is 4.31. The molecule has 1 aliphatic rings.